The fourth-order valence-corrected chi connectivity index (χ4v) is 3.39. The SMILES string of the molecule is COc1cc(CN(C)Cc2ccccn2)ccc1OCC(O)CN1CCOCC1. The Balaban J connectivity index is 1.51. The third kappa shape index (κ3) is 6.97. The zero-order valence-corrected chi connectivity index (χ0v) is 17.3. The average Bonchev–Trinajstić information content (AvgIpc) is 2.74. The summed E-state index contributed by atoms with van der Waals surface area (Å²) in [6.07, 6.45) is 1.26. The van der Waals surface area contributed by atoms with Crippen LogP contribution in [0, 0.1) is 0 Å². The van der Waals surface area contributed by atoms with Crippen LogP contribution in [0.15, 0.2) is 42.6 Å². The number of aromatic nitrogens is 1. The predicted octanol–water partition coefficient (Wildman–Crippen LogP) is 1.79. The van der Waals surface area contributed by atoms with Gasteiger partial charge in [0.25, 0.3) is 0 Å². The van der Waals surface area contributed by atoms with Crippen molar-refractivity contribution >= 4 is 0 Å². The summed E-state index contributed by atoms with van der Waals surface area (Å²) in [6, 6.07) is 11.9. The predicted molar refractivity (Wildman–Crippen MR) is 111 cm³/mol. The van der Waals surface area contributed by atoms with E-state index >= 15 is 0 Å². The summed E-state index contributed by atoms with van der Waals surface area (Å²) in [6.45, 7) is 5.49. The number of β-amino-alcohol motifs (C(OH)–C–C–N with tert-alkyl or cyclic N) is 1. The lowest BCUT2D eigenvalue weighted by Crippen LogP contribution is -2.42. The lowest BCUT2D eigenvalue weighted by Gasteiger charge is -2.28. The fraction of sp³-hybridized carbons (Fsp3) is 0.500. The Morgan fingerprint density at radius 3 is 2.72 bits per heavy atom. The van der Waals surface area contributed by atoms with Gasteiger partial charge in [0, 0.05) is 38.9 Å². The molecule has 2 heterocycles. The molecule has 1 unspecified atom stereocenters. The lowest BCUT2D eigenvalue weighted by atomic mass is 10.2. The van der Waals surface area contributed by atoms with Gasteiger partial charge in [-0.3, -0.25) is 14.8 Å². The van der Waals surface area contributed by atoms with E-state index in [0.29, 0.717) is 18.0 Å². The van der Waals surface area contributed by atoms with E-state index in [0.717, 1.165) is 50.7 Å². The van der Waals surface area contributed by atoms with Gasteiger partial charge in [-0.2, -0.15) is 0 Å². The first kappa shape index (κ1) is 21.5. The summed E-state index contributed by atoms with van der Waals surface area (Å²) in [5.41, 5.74) is 2.16. The number of ether oxygens (including phenoxy) is 3. The van der Waals surface area contributed by atoms with E-state index < -0.39 is 6.10 Å². The van der Waals surface area contributed by atoms with Crippen molar-refractivity contribution in [3.05, 3.63) is 53.9 Å². The van der Waals surface area contributed by atoms with Crippen LogP contribution in [0.3, 0.4) is 0 Å². The molecule has 0 radical (unpaired) electrons. The zero-order chi connectivity index (χ0) is 20.5. The Hall–Kier alpha value is -2.19. The molecule has 2 aromatic rings. The number of benzene rings is 1. The molecule has 0 spiro atoms. The fourth-order valence-electron chi connectivity index (χ4n) is 3.39. The van der Waals surface area contributed by atoms with Gasteiger partial charge < -0.3 is 19.3 Å². The van der Waals surface area contributed by atoms with Crippen LogP contribution in [0.2, 0.25) is 0 Å². The van der Waals surface area contributed by atoms with Gasteiger partial charge in [0.2, 0.25) is 0 Å². The van der Waals surface area contributed by atoms with Crippen molar-refractivity contribution in [2.75, 3.05) is 53.6 Å². The first-order chi connectivity index (χ1) is 14.1. The first-order valence-corrected chi connectivity index (χ1v) is 10.0. The van der Waals surface area contributed by atoms with Crippen LogP contribution in [0.5, 0.6) is 11.5 Å². The van der Waals surface area contributed by atoms with E-state index in [1.165, 1.54) is 0 Å². The van der Waals surface area contributed by atoms with Gasteiger partial charge in [-0.1, -0.05) is 12.1 Å². The topological polar surface area (TPSA) is 67.3 Å². The van der Waals surface area contributed by atoms with E-state index in [1.807, 2.05) is 42.6 Å². The minimum Gasteiger partial charge on any atom is -0.493 e. The van der Waals surface area contributed by atoms with Crippen molar-refractivity contribution in [2.45, 2.75) is 19.2 Å². The number of rotatable bonds is 10. The second-order valence-corrected chi connectivity index (χ2v) is 7.36. The summed E-state index contributed by atoms with van der Waals surface area (Å²) in [7, 11) is 3.70. The number of aliphatic hydroxyl groups is 1. The van der Waals surface area contributed by atoms with Gasteiger partial charge in [-0.15, -0.1) is 0 Å². The number of hydrogen-bond donors (Lipinski definition) is 1. The van der Waals surface area contributed by atoms with Gasteiger partial charge in [0.05, 0.1) is 26.0 Å². The third-order valence-electron chi connectivity index (χ3n) is 4.84. The quantitative estimate of drug-likeness (QED) is 0.651. The summed E-state index contributed by atoms with van der Waals surface area (Å²) in [5.74, 6) is 1.32. The first-order valence-electron chi connectivity index (χ1n) is 10.0. The van der Waals surface area contributed by atoms with Crippen molar-refractivity contribution in [1.82, 2.24) is 14.8 Å². The molecule has 1 atom stereocenters. The highest BCUT2D eigenvalue weighted by atomic mass is 16.5. The molecule has 1 aromatic carbocycles. The Labute approximate surface area is 172 Å². The van der Waals surface area contributed by atoms with E-state index in [4.69, 9.17) is 14.2 Å². The largest absolute Gasteiger partial charge is 0.493 e. The van der Waals surface area contributed by atoms with Crippen molar-refractivity contribution in [2.24, 2.45) is 0 Å². The standard InChI is InChI=1S/C22H31N3O4/c1-24(15-19-5-3-4-8-23-19)14-18-6-7-21(22(13-18)27-2)29-17-20(26)16-25-9-11-28-12-10-25/h3-8,13,20,26H,9-12,14-17H2,1-2H3. The molecule has 1 aliphatic heterocycles. The van der Waals surface area contributed by atoms with Gasteiger partial charge in [-0.05, 0) is 36.9 Å². The van der Waals surface area contributed by atoms with Crippen molar-refractivity contribution in [1.29, 1.82) is 0 Å². The molecule has 0 amide bonds. The summed E-state index contributed by atoms with van der Waals surface area (Å²) >= 11 is 0. The second kappa shape index (κ2) is 11.1. The van der Waals surface area contributed by atoms with E-state index in [1.54, 1.807) is 7.11 Å². The maximum absolute atomic E-state index is 10.3. The molecule has 0 aliphatic carbocycles. The molecular formula is C22H31N3O4. The van der Waals surface area contributed by atoms with Crippen LogP contribution in [0.1, 0.15) is 11.3 Å². The van der Waals surface area contributed by atoms with Crippen LogP contribution in [0.25, 0.3) is 0 Å². The summed E-state index contributed by atoms with van der Waals surface area (Å²) in [5, 5.41) is 10.3. The molecule has 1 fully saturated rings. The highest BCUT2D eigenvalue weighted by Gasteiger charge is 2.16. The normalized spacial score (nSPS) is 16.0. The smallest absolute Gasteiger partial charge is 0.161 e. The van der Waals surface area contributed by atoms with Crippen molar-refractivity contribution in [3.8, 4) is 11.5 Å². The minimum absolute atomic E-state index is 0.229. The molecule has 3 rings (SSSR count). The molecule has 1 N–H and O–H groups in total. The number of pyridine rings is 1. The monoisotopic (exact) mass is 401 g/mol. The molecule has 158 valence electrons. The molecule has 1 aliphatic rings. The lowest BCUT2D eigenvalue weighted by molar-refractivity contribution is 0.00445. The van der Waals surface area contributed by atoms with Crippen LogP contribution in [0.4, 0.5) is 0 Å². The minimum atomic E-state index is -0.554. The molecule has 1 saturated heterocycles. The van der Waals surface area contributed by atoms with Gasteiger partial charge >= 0.3 is 0 Å². The second-order valence-electron chi connectivity index (χ2n) is 7.36. The number of hydrogen-bond acceptors (Lipinski definition) is 7. The third-order valence-corrected chi connectivity index (χ3v) is 4.84. The van der Waals surface area contributed by atoms with Crippen LogP contribution in [-0.2, 0) is 17.8 Å². The van der Waals surface area contributed by atoms with Crippen LogP contribution in [-0.4, -0.2) is 79.6 Å². The molecule has 0 bridgehead atoms. The molecule has 0 saturated carbocycles. The Morgan fingerprint density at radius 2 is 2.00 bits per heavy atom. The van der Waals surface area contributed by atoms with E-state index in [-0.39, 0.29) is 6.61 Å². The zero-order valence-electron chi connectivity index (χ0n) is 17.3. The number of aliphatic hydroxyl groups excluding tert-OH is 1. The van der Waals surface area contributed by atoms with E-state index in [2.05, 4.69) is 21.8 Å². The van der Waals surface area contributed by atoms with E-state index in [9.17, 15) is 5.11 Å². The van der Waals surface area contributed by atoms with Crippen molar-refractivity contribution < 1.29 is 19.3 Å². The van der Waals surface area contributed by atoms with Crippen LogP contribution < -0.4 is 9.47 Å². The molecule has 7 nitrogen and oxygen atoms in total. The molecular weight excluding hydrogens is 370 g/mol. The maximum atomic E-state index is 10.3. The van der Waals surface area contributed by atoms with Gasteiger partial charge in [-0.25, -0.2) is 0 Å². The van der Waals surface area contributed by atoms with Crippen LogP contribution >= 0.6 is 0 Å². The highest BCUT2D eigenvalue weighted by Crippen LogP contribution is 2.28. The molecule has 29 heavy (non-hydrogen) atoms. The number of nitrogens with zero attached hydrogens (tertiary/aromatic N) is 3. The van der Waals surface area contributed by atoms with Gasteiger partial charge in [0.1, 0.15) is 12.7 Å². The Bertz CT molecular complexity index is 738. The molecule has 7 heteroatoms. The number of morpholine rings is 1. The van der Waals surface area contributed by atoms with Gasteiger partial charge in [0.15, 0.2) is 11.5 Å². The maximum Gasteiger partial charge on any atom is 0.161 e. The number of methoxy groups -OCH3 is 1. The highest BCUT2D eigenvalue weighted by molar-refractivity contribution is 5.43. The van der Waals surface area contributed by atoms with Crippen molar-refractivity contribution in [3.63, 3.8) is 0 Å². The Kier molecular flexibility index (Phi) is 8.25. The summed E-state index contributed by atoms with van der Waals surface area (Å²) < 4.78 is 16.7. The summed E-state index contributed by atoms with van der Waals surface area (Å²) in [4.78, 5) is 8.76. The average molecular weight is 402 g/mol. The Morgan fingerprint density at radius 1 is 1.17 bits per heavy atom. The molecule has 1 aromatic heterocycles.